The van der Waals surface area contributed by atoms with E-state index in [4.69, 9.17) is 4.74 Å². The predicted octanol–water partition coefficient (Wildman–Crippen LogP) is 2.74. The van der Waals surface area contributed by atoms with Crippen molar-refractivity contribution in [2.45, 2.75) is 39.5 Å². The first-order valence-electron chi connectivity index (χ1n) is 10.9. The lowest BCUT2D eigenvalue weighted by Crippen LogP contribution is -2.42. The van der Waals surface area contributed by atoms with Crippen LogP contribution in [0.25, 0.3) is 11.0 Å². The van der Waals surface area contributed by atoms with E-state index in [1.165, 1.54) is 0 Å². The molecule has 2 aromatic rings. The van der Waals surface area contributed by atoms with Crippen LogP contribution in [0.1, 0.15) is 47.4 Å². The number of aryl methyl sites for hydroxylation is 2. The smallest absolute Gasteiger partial charge is 0.253 e. The van der Waals surface area contributed by atoms with Gasteiger partial charge in [-0.3, -0.25) is 9.59 Å². The number of fused-ring (bicyclic) bond motifs is 1. The van der Waals surface area contributed by atoms with E-state index in [2.05, 4.69) is 9.97 Å². The van der Waals surface area contributed by atoms with Crippen molar-refractivity contribution >= 4 is 22.8 Å². The number of likely N-dealkylation sites (tertiary alicyclic amines) is 1. The van der Waals surface area contributed by atoms with Gasteiger partial charge in [0.05, 0.1) is 35.6 Å². The topological polar surface area (TPSA) is 75.6 Å². The second-order valence-corrected chi connectivity index (χ2v) is 8.39. The molecule has 0 unspecified atom stereocenters. The van der Waals surface area contributed by atoms with Crippen molar-refractivity contribution in [1.82, 2.24) is 19.8 Å². The Kier molecular flexibility index (Phi) is 6.27. The highest BCUT2D eigenvalue weighted by molar-refractivity contribution is 5.97. The number of aromatic nitrogens is 2. The predicted molar refractivity (Wildman–Crippen MR) is 114 cm³/mol. The van der Waals surface area contributed by atoms with Crippen molar-refractivity contribution in [3.63, 3.8) is 0 Å². The summed E-state index contributed by atoms with van der Waals surface area (Å²) < 4.78 is 5.32. The standard InChI is InChI=1S/C23H30N4O3/c1-16-17(2)25-21-14-19(6-7-20(21)24-16)23(29)27-9-3-4-18(15-27)5-8-22(28)26-10-12-30-13-11-26/h6-7,14,18H,3-5,8-13,15H2,1-2H3/t18-/m1/s1. The molecule has 2 fully saturated rings. The first-order chi connectivity index (χ1) is 14.5. The van der Waals surface area contributed by atoms with Gasteiger partial charge in [0.15, 0.2) is 0 Å². The molecule has 2 aliphatic rings. The summed E-state index contributed by atoms with van der Waals surface area (Å²) in [5, 5.41) is 0. The normalized spacial score (nSPS) is 19.9. The molecule has 0 aliphatic carbocycles. The molecule has 1 aromatic heterocycles. The van der Waals surface area contributed by atoms with Crippen LogP contribution in [0.5, 0.6) is 0 Å². The first-order valence-corrected chi connectivity index (χ1v) is 10.9. The van der Waals surface area contributed by atoms with E-state index >= 15 is 0 Å². The molecule has 160 valence electrons. The van der Waals surface area contributed by atoms with E-state index in [1.54, 1.807) is 0 Å². The second-order valence-electron chi connectivity index (χ2n) is 8.39. The van der Waals surface area contributed by atoms with Gasteiger partial charge in [-0.2, -0.15) is 0 Å². The van der Waals surface area contributed by atoms with Crippen molar-refractivity contribution < 1.29 is 14.3 Å². The molecule has 0 radical (unpaired) electrons. The molecule has 4 rings (SSSR count). The number of morpholine rings is 1. The first kappa shape index (κ1) is 20.7. The molecule has 1 atom stereocenters. The van der Waals surface area contributed by atoms with Crippen LogP contribution in [-0.4, -0.2) is 71.0 Å². The van der Waals surface area contributed by atoms with Crippen molar-refractivity contribution in [3.05, 3.63) is 35.2 Å². The summed E-state index contributed by atoms with van der Waals surface area (Å²) in [5.41, 5.74) is 4.02. The van der Waals surface area contributed by atoms with Gasteiger partial charge in [-0.05, 0) is 57.2 Å². The molecule has 2 amide bonds. The fourth-order valence-electron chi connectivity index (χ4n) is 4.33. The Labute approximate surface area is 177 Å². The number of ether oxygens (including phenoxy) is 1. The maximum Gasteiger partial charge on any atom is 0.253 e. The van der Waals surface area contributed by atoms with Crippen molar-refractivity contribution in [3.8, 4) is 0 Å². The van der Waals surface area contributed by atoms with E-state index in [0.717, 1.165) is 48.2 Å². The van der Waals surface area contributed by atoms with E-state index in [1.807, 2.05) is 41.8 Å². The lowest BCUT2D eigenvalue weighted by atomic mass is 9.92. The highest BCUT2D eigenvalue weighted by Crippen LogP contribution is 2.24. The monoisotopic (exact) mass is 410 g/mol. The summed E-state index contributed by atoms with van der Waals surface area (Å²) >= 11 is 0. The molecule has 3 heterocycles. The third kappa shape index (κ3) is 4.61. The number of nitrogens with zero attached hydrogens (tertiary/aromatic N) is 4. The minimum Gasteiger partial charge on any atom is -0.378 e. The minimum atomic E-state index is 0.0427. The third-order valence-corrected chi connectivity index (χ3v) is 6.26. The van der Waals surface area contributed by atoms with E-state index in [-0.39, 0.29) is 11.8 Å². The summed E-state index contributed by atoms with van der Waals surface area (Å²) in [6.45, 7) is 8.01. The third-order valence-electron chi connectivity index (χ3n) is 6.26. The molecule has 1 aromatic carbocycles. The van der Waals surface area contributed by atoms with E-state index in [9.17, 15) is 9.59 Å². The molecular formula is C23H30N4O3. The highest BCUT2D eigenvalue weighted by Gasteiger charge is 2.26. The van der Waals surface area contributed by atoms with Crippen LogP contribution in [0.4, 0.5) is 0 Å². The average molecular weight is 411 g/mol. The zero-order chi connectivity index (χ0) is 21.1. The maximum atomic E-state index is 13.1. The molecule has 0 spiro atoms. The summed E-state index contributed by atoms with van der Waals surface area (Å²) in [5.74, 6) is 0.625. The number of rotatable bonds is 4. The van der Waals surface area contributed by atoms with Gasteiger partial charge in [-0.1, -0.05) is 0 Å². The number of hydrogen-bond acceptors (Lipinski definition) is 5. The van der Waals surface area contributed by atoms with Crippen LogP contribution in [0, 0.1) is 19.8 Å². The summed E-state index contributed by atoms with van der Waals surface area (Å²) in [6, 6.07) is 5.58. The molecule has 2 aliphatic heterocycles. The highest BCUT2D eigenvalue weighted by atomic mass is 16.5. The average Bonchev–Trinajstić information content (AvgIpc) is 2.78. The summed E-state index contributed by atoms with van der Waals surface area (Å²) in [4.78, 5) is 38.5. The molecule has 0 bridgehead atoms. The molecular weight excluding hydrogens is 380 g/mol. The molecule has 0 N–H and O–H groups in total. The van der Waals surface area contributed by atoms with Gasteiger partial charge in [0.2, 0.25) is 5.91 Å². The second kappa shape index (κ2) is 9.08. The van der Waals surface area contributed by atoms with Gasteiger partial charge in [0, 0.05) is 38.2 Å². The Balaban J connectivity index is 1.37. The Morgan fingerprint density at radius 1 is 1.03 bits per heavy atom. The fraction of sp³-hybridized carbons (Fsp3) is 0.565. The van der Waals surface area contributed by atoms with Crippen LogP contribution in [0.3, 0.4) is 0 Å². The van der Waals surface area contributed by atoms with E-state index < -0.39 is 0 Å². The maximum absolute atomic E-state index is 13.1. The fourth-order valence-corrected chi connectivity index (χ4v) is 4.33. The Morgan fingerprint density at radius 3 is 2.53 bits per heavy atom. The number of benzene rings is 1. The lowest BCUT2D eigenvalue weighted by Gasteiger charge is -2.33. The van der Waals surface area contributed by atoms with Gasteiger partial charge in [0.1, 0.15) is 0 Å². The molecule has 7 heteroatoms. The van der Waals surface area contributed by atoms with Crippen molar-refractivity contribution in [1.29, 1.82) is 0 Å². The molecule has 0 saturated carbocycles. The number of carbonyl (C=O) groups is 2. The van der Waals surface area contributed by atoms with Crippen LogP contribution in [-0.2, 0) is 9.53 Å². The SMILES string of the molecule is Cc1nc2ccc(C(=O)N3CCC[C@H](CCC(=O)N4CCOCC4)C3)cc2nc1C. The summed E-state index contributed by atoms with van der Waals surface area (Å²) in [7, 11) is 0. The Hall–Kier alpha value is -2.54. The van der Waals surface area contributed by atoms with Crippen molar-refractivity contribution in [2.24, 2.45) is 5.92 Å². The summed E-state index contributed by atoms with van der Waals surface area (Å²) in [6.07, 6.45) is 3.44. The van der Waals surface area contributed by atoms with Gasteiger partial charge < -0.3 is 14.5 Å². The molecule has 30 heavy (non-hydrogen) atoms. The number of amides is 2. The van der Waals surface area contributed by atoms with Gasteiger partial charge in [-0.15, -0.1) is 0 Å². The van der Waals surface area contributed by atoms with Crippen LogP contribution in [0.2, 0.25) is 0 Å². The zero-order valence-electron chi connectivity index (χ0n) is 17.9. The Morgan fingerprint density at radius 2 is 1.77 bits per heavy atom. The number of piperidine rings is 1. The van der Waals surface area contributed by atoms with Crippen LogP contribution < -0.4 is 0 Å². The Bertz CT molecular complexity index is 939. The van der Waals surface area contributed by atoms with Gasteiger partial charge in [0.25, 0.3) is 5.91 Å². The molecule has 2 saturated heterocycles. The van der Waals surface area contributed by atoms with E-state index in [0.29, 0.717) is 50.8 Å². The number of hydrogen-bond donors (Lipinski definition) is 0. The quantitative estimate of drug-likeness (QED) is 0.775. The van der Waals surface area contributed by atoms with Crippen LogP contribution >= 0.6 is 0 Å². The van der Waals surface area contributed by atoms with Crippen LogP contribution in [0.15, 0.2) is 18.2 Å². The molecule has 7 nitrogen and oxygen atoms in total. The lowest BCUT2D eigenvalue weighted by molar-refractivity contribution is -0.135. The van der Waals surface area contributed by atoms with Gasteiger partial charge in [-0.25, -0.2) is 9.97 Å². The number of carbonyl (C=O) groups excluding carboxylic acids is 2. The largest absolute Gasteiger partial charge is 0.378 e. The minimum absolute atomic E-state index is 0.0427. The van der Waals surface area contributed by atoms with Crippen molar-refractivity contribution in [2.75, 3.05) is 39.4 Å². The van der Waals surface area contributed by atoms with Gasteiger partial charge >= 0.3 is 0 Å². The zero-order valence-corrected chi connectivity index (χ0v) is 17.9.